The van der Waals surface area contributed by atoms with Crippen LogP contribution in [0.5, 0.6) is 0 Å². The number of benzene rings is 2. The predicted molar refractivity (Wildman–Crippen MR) is 82.6 cm³/mol. The zero-order valence-corrected chi connectivity index (χ0v) is 12.4. The van der Waals surface area contributed by atoms with Gasteiger partial charge in [0, 0.05) is 16.8 Å². The van der Waals surface area contributed by atoms with Crippen molar-refractivity contribution >= 4 is 5.69 Å². The second kappa shape index (κ2) is 5.49. The largest absolute Gasteiger partial charge is 0.356 e. The van der Waals surface area contributed by atoms with E-state index in [1.807, 2.05) is 12.1 Å². The first-order chi connectivity index (χ1) is 10.2. The minimum Gasteiger partial charge on any atom is -0.356 e. The lowest BCUT2D eigenvalue weighted by Crippen LogP contribution is -2.37. The van der Waals surface area contributed by atoms with Gasteiger partial charge in [-0.05, 0) is 31.0 Å². The molecule has 1 aliphatic rings. The van der Waals surface area contributed by atoms with Crippen molar-refractivity contribution in [2.75, 3.05) is 5.32 Å². The Morgan fingerprint density at radius 1 is 1.05 bits per heavy atom. The average molecular weight is 285 g/mol. The van der Waals surface area contributed by atoms with Crippen LogP contribution in [0.15, 0.2) is 48.5 Å². The van der Waals surface area contributed by atoms with Gasteiger partial charge in [0.05, 0.1) is 5.60 Å². The fourth-order valence-electron chi connectivity index (χ4n) is 3.05. The van der Waals surface area contributed by atoms with E-state index in [-0.39, 0.29) is 17.6 Å². The van der Waals surface area contributed by atoms with E-state index in [0.717, 1.165) is 24.1 Å². The van der Waals surface area contributed by atoms with Gasteiger partial charge in [-0.1, -0.05) is 44.2 Å². The molecule has 2 aromatic carbocycles. The first-order valence-corrected chi connectivity index (χ1v) is 7.48. The summed E-state index contributed by atoms with van der Waals surface area (Å²) in [6.45, 7) is 4.29. The molecule has 0 aliphatic carbocycles. The van der Waals surface area contributed by atoms with Gasteiger partial charge in [0.2, 0.25) is 0 Å². The van der Waals surface area contributed by atoms with Crippen molar-refractivity contribution in [3.63, 3.8) is 0 Å². The molecular weight excluding hydrogens is 265 g/mol. The number of hydrogen-bond acceptors (Lipinski definition) is 2. The molecule has 1 aliphatic heterocycles. The van der Waals surface area contributed by atoms with Gasteiger partial charge in [0.1, 0.15) is 5.82 Å². The molecule has 0 fully saturated rings. The molecule has 0 radical (unpaired) electrons. The predicted octanol–water partition coefficient (Wildman–Crippen LogP) is 4.98. The molecule has 2 nitrogen and oxygen atoms in total. The van der Waals surface area contributed by atoms with Crippen LogP contribution < -0.4 is 5.32 Å². The Labute approximate surface area is 125 Å². The maximum absolute atomic E-state index is 13.1. The highest BCUT2D eigenvalue weighted by atomic mass is 19.1. The topological polar surface area (TPSA) is 21.3 Å². The maximum atomic E-state index is 13.1. The van der Waals surface area contributed by atoms with E-state index in [1.54, 1.807) is 12.1 Å². The van der Waals surface area contributed by atoms with Crippen LogP contribution in [0.4, 0.5) is 10.1 Å². The summed E-state index contributed by atoms with van der Waals surface area (Å²) in [5.41, 5.74) is 2.95. The molecule has 1 N–H and O–H groups in total. The van der Waals surface area contributed by atoms with Crippen molar-refractivity contribution in [3.8, 4) is 0 Å². The van der Waals surface area contributed by atoms with Crippen LogP contribution >= 0.6 is 0 Å². The number of nitrogens with one attached hydrogen (secondary N) is 1. The van der Waals surface area contributed by atoms with E-state index < -0.39 is 0 Å². The molecule has 0 amide bonds. The Morgan fingerprint density at radius 3 is 2.38 bits per heavy atom. The van der Waals surface area contributed by atoms with E-state index in [0.29, 0.717) is 0 Å². The fourth-order valence-corrected chi connectivity index (χ4v) is 3.05. The first-order valence-electron chi connectivity index (χ1n) is 7.48. The van der Waals surface area contributed by atoms with Crippen LogP contribution in [-0.4, -0.2) is 0 Å². The summed E-state index contributed by atoms with van der Waals surface area (Å²) in [5, 5.41) is 3.41. The number of rotatable bonds is 3. The summed E-state index contributed by atoms with van der Waals surface area (Å²) in [4.78, 5) is 0. The minimum atomic E-state index is -0.291. The van der Waals surface area contributed by atoms with Crippen LogP contribution in [0, 0.1) is 5.82 Å². The lowest BCUT2D eigenvalue weighted by molar-refractivity contribution is -0.103. The number of ether oxygens (including phenoxy) is 1. The van der Waals surface area contributed by atoms with E-state index >= 15 is 0 Å². The van der Waals surface area contributed by atoms with Gasteiger partial charge >= 0.3 is 0 Å². The highest BCUT2D eigenvalue weighted by Crippen LogP contribution is 2.45. The van der Waals surface area contributed by atoms with E-state index in [1.165, 1.54) is 17.7 Å². The Bertz CT molecular complexity index is 619. The molecule has 0 saturated heterocycles. The fraction of sp³-hybridized carbons (Fsp3) is 0.333. The van der Waals surface area contributed by atoms with Gasteiger partial charge in [-0.25, -0.2) is 4.39 Å². The van der Waals surface area contributed by atoms with Gasteiger partial charge in [-0.2, -0.15) is 0 Å². The highest BCUT2D eigenvalue weighted by Gasteiger charge is 2.38. The average Bonchev–Trinajstić information content (AvgIpc) is 2.54. The number of hydrogen-bond donors (Lipinski definition) is 1. The van der Waals surface area contributed by atoms with Crippen LogP contribution in [-0.2, 0) is 10.3 Å². The maximum Gasteiger partial charge on any atom is 0.155 e. The normalized spacial score (nSPS) is 19.7. The number of anilines is 1. The third-order valence-corrected chi connectivity index (χ3v) is 4.36. The Kier molecular flexibility index (Phi) is 3.68. The molecule has 0 bridgehead atoms. The summed E-state index contributed by atoms with van der Waals surface area (Å²) in [7, 11) is 0. The van der Waals surface area contributed by atoms with Crippen LogP contribution in [0.3, 0.4) is 0 Å². The second-order valence-corrected chi connectivity index (χ2v) is 5.44. The molecule has 2 aromatic rings. The smallest absolute Gasteiger partial charge is 0.155 e. The van der Waals surface area contributed by atoms with Gasteiger partial charge in [0.15, 0.2) is 6.23 Å². The summed E-state index contributed by atoms with van der Waals surface area (Å²) < 4.78 is 19.5. The molecule has 0 saturated carbocycles. The third-order valence-electron chi connectivity index (χ3n) is 4.36. The van der Waals surface area contributed by atoms with Crippen LogP contribution in [0.1, 0.15) is 44.0 Å². The van der Waals surface area contributed by atoms with E-state index in [9.17, 15) is 4.39 Å². The van der Waals surface area contributed by atoms with Gasteiger partial charge in [-0.15, -0.1) is 0 Å². The molecule has 3 heteroatoms. The first kappa shape index (κ1) is 14.1. The van der Waals surface area contributed by atoms with Gasteiger partial charge in [0.25, 0.3) is 0 Å². The van der Waals surface area contributed by atoms with Crippen LogP contribution in [0.25, 0.3) is 0 Å². The summed E-state index contributed by atoms with van der Waals surface area (Å²) in [5.74, 6) is -0.229. The quantitative estimate of drug-likeness (QED) is 0.858. The standard InChI is InChI=1S/C18H20FNO/c1-3-18(4-2)15-7-5-6-8-16(15)20-17(21-18)13-9-11-14(19)12-10-13/h5-12,17,20H,3-4H2,1-2H3. The molecular formula is C18H20FNO. The van der Waals surface area contributed by atoms with Crippen molar-refractivity contribution < 1.29 is 9.13 Å². The minimum absolute atomic E-state index is 0.229. The zero-order chi connectivity index (χ0) is 14.9. The second-order valence-electron chi connectivity index (χ2n) is 5.44. The summed E-state index contributed by atoms with van der Waals surface area (Å²) in [6, 6.07) is 14.8. The Morgan fingerprint density at radius 2 is 1.71 bits per heavy atom. The number of para-hydroxylation sites is 1. The van der Waals surface area contributed by atoms with Crippen molar-refractivity contribution in [3.05, 3.63) is 65.5 Å². The van der Waals surface area contributed by atoms with Crippen molar-refractivity contribution in [2.45, 2.75) is 38.5 Å². The van der Waals surface area contributed by atoms with Crippen molar-refractivity contribution in [2.24, 2.45) is 0 Å². The third kappa shape index (κ3) is 2.42. The van der Waals surface area contributed by atoms with Gasteiger partial charge in [-0.3, -0.25) is 0 Å². The Hall–Kier alpha value is -1.87. The molecule has 0 spiro atoms. The Balaban J connectivity index is 2.03. The van der Waals surface area contributed by atoms with Crippen molar-refractivity contribution in [1.82, 2.24) is 0 Å². The zero-order valence-electron chi connectivity index (χ0n) is 12.4. The summed E-state index contributed by atoms with van der Waals surface area (Å²) in [6.07, 6.45) is 1.56. The lowest BCUT2D eigenvalue weighted by Gasteiger charge is -2.43. The molecule has 3 rings (SSSR count). The molecule has 1 atom stereocenters. The summed E-state index contributed by atoms with van der Waals surface area (Å²) >= 11 is 0. The molecule has 21 heavy (non-hydrogen) atoms. The lowest BCUT2D eigenvalue weighted by atomic mass is 9.85. The van der Waals surface area contributed by atoms with Crippen molar-refractivity contribution in [1.29, 1.82) is 0 Å². The van der Waals surface area contributed by atoms with Gasteiger partial charge < -0.3 is 10.1 Å². The molecule has 1 unspecified atom stereocenters. The number of fused-ring (bicyclic) bond motifs is 1. The number of halogens is 1. The van der Waals surface area contributed by atoms with E-state index in [2.05, 4.69) is 31.3 Å². The highest BCUT2D eigenvalue weighted by molar-refractivity contribution is 5.56. The van der Waals surface area contributed by atoms with Crippen LogP contribution in [0.2, 0.25) is 0 Å². The monoisotopic (exact) mass is 285 g/mol. The van der Waals surface area contributed by atoms with E-state index in [4.69, 9.17) is 4.74 Å². The molecule has 0 aromatic heterocycles. The SMILES string of the molecule is CCC1(CC)OC(c2ccc(F)cc2)Nc2ccccc21. The molecule has 110 valence electrons. The molecule has 1 heterocycles.